The van der Waals surface area contributed by atoms with Crippen molar-refractivity contribution in [3.05, 3.63) is 29.8 Å². The highest BCUT2D eigenvalue weighted by Gasteiger charge is 2.34. The lowest BCUT2D eigenvalue weighted by Crippen LogP contribution is -2.44. The number of carbonyl (C=O) groups excluding carboxylic acids is 2. The Morgan fingerprint density at radius 3 is 2.39 bits per heavy atom. The second-order valence-electron chi connectivity index (χ2n) is 5.42. The lowest BCUT2D eigenvalue weighted by atomic mass is 9.98. The molecule has 0 bridgehead atoms. The summed E-state index contributed by atoms with van der Waals surface area (Å²) in [5.41, 5.74) is -1.44. The van der Waals surface area contributed by atoms with Crippen LogP contribution in [0.3, 0.4) is 0 Å². The van der Waals surface area contributed by atoms with Crippen molar-refractivity contribution in [3.63, 3.8) is 0 Å². The Morgan fingerprint density at radius 1 is 1.22 bits per heavy atom. The van der Waals surface area contributed by atoms with E-state index in [0.717, 1.165) is 12.1 Å². The standard InChI is InChI=1S/C15H17F3N2O3/c16-15(17,18)11-3-1-2-4-12(11)19-13(22)14(23)20-7-5-10(9-21)6-8-20/h1-4,10,21H,5-9H2,(H,19,22). The molecule has 0 unspecified atom stereocenters. The summed E-state index contributed by atoms with van der Waals surface area (Å²) in [6, 6.07) is 4.50. The maximum atomic E-state index is 12.9. The molecular formula is C15H17F3N2O3. The van der Waals surface area contributed by atoms with Crippen molar-refractivity contribution in [2.45, 2.75) is 19.0 Å². The number of anilines is 1. The highest BCUT2D eigenvalue weighted by atomic mass is 19.4. The zero-order valence-electron chi connectivity index (χ0n) is 12.3. The number of carbonyl (C=O) groups is 2. The number of para-hydroxylation sites is 1. The third-order valence-corrected chi connectivity index (χ3v) is 3.83. The van der Waals surface area contributed by atoms with Crippen LogP contribution in [0.5, 0.6) is 0 Å². The van der Waals surface area contributed by atoms with Gasteiger partial charge in [0.2, 0.25) is 0 Å². The summed E-state index contributed by atoms with van der Waals surface area (Å²) in [7, 11) is 0. The number of halogens is 3. The van der Waals surface area contributed by atoms with Gasteiger partial charge in [0, 0.05) is 19.7 Å². The van der Waals surface area contributed by atoms with Crippen LogP contribution in [0.15, 0.2) is 24.3 Å². The number of amides is 2. The number of likely N-dealkylation sites (tertiary alicyclic amines) is 1. The quantitative estimate of drug-likeness (QED) is 0.814. The molecule has 1 fully saturated rings. The highest BCUT2D eigenvalue weighted by Crippen LogP contribution is 2.34. The number of nitrogens with zero attached hydrogens (tertiary/aromatic N) is 1. The van der Waals surface area contributed by atoms with Gasteiger partial charge in [-0.15, -0.1) is 0 Å². The van der Waals surface area contributed by atoms with Gasteiger partial charge < -0.3 is 15.3 Å². The zero-order chi connectivity index (χ0) is 17.0. The maximum absolute atomic E-state index is 12.9. The van der Waals surface area contributed by atoms with Crippen LogP contribution < -0.4 is 5.32 Å². The van der Waals surface area contributed by atoms with E-state index >= 15 is 0 Å². The molecule has 1 heterocycles. The van der Waals surface area contributed by atoms with Crippen LogP contribution in [0, 0.1) is 5.92 Å². The molecule has 0 aliphatic carbocycles. The number of alkyl halides is 3. The summed E-state index contributed by atoms with van der Waals surface area (Å²) >= 11 is 0. The molecule has 0 saturated carbocycles. The minimum absolute atomic E-state index is 0.0210. The van der Waals surface area contributed by atoms with Crippen LogP contribution in [0.4, 0.5) is 18.9 Å². The van der Waals surface area contributed by atoms with E-state index in [4.69, 9.17) is 5.11 Å². The average molecular weight is 330 g/mol. The largest absolute Gasteiger partial charge is 0.418 e. The van der Waals surface area contributed by atoms with Gasteiger partial charge in [0.25, 0.3) is 0 Å². The van der Waals surface area contributed by atoms with Crippen molar-refractivity contribution < 1.29 is 27.9 Å². The molecule has 0 radical (unpaired) electrons. The van der Waals surface area contributed by atoms with E-state index in [1.54, 1.807) is 0 Å². The van der Waals surface area contributed by atoms with Crippen LogP contribution in [0.25, 0.3) is 0 Å². The number of hydrogen-bond donors (Lipinski definition) is 2. The van der Waals surface area contributed by atoms with Crippen molar-refractivity contribution in [3.8, 4) is 0 Å². The molecular weight excluding hydrogens is 313 g/mol. The molecule has 0 atom stereocenters. The number of aliphatic hydroxyl groups is 1. The van der Waals surface area contributed by atoms with Gasteiger partial charge in [-0.3, -0.25) is 9.59 Å². The third kappa shape index (κ3) is 4.22. The van der Waals surface area contributed by atoms with E-state index in [-0.39, 0.29) is 12.5 Å². The van der Waals surface area contributed by atoms with E-state index in [1.807, 2.05) is 5.32 Å². The first-order valence-electron chi connectivity index (χ1n) is 7.20. The monoisotopic (exact) mass is 330 g/mol. The van der Waals surface area contributed by atoms with Gasteiger partial charge in [0.1, 0.15) is 0 Å². The summed E-state index contributed by atoms with van der Waals surface area (Å²) in [6.45, 7) is 0.629. The van der Waals surface area contributed by atoms with E-state index in [9.17, 15) is 22.8 Å². The summed E-state index contributed by atoms with van der Waals surface area (Å²) in [5.74, 6) is -1.87. The fraction of sp³-hybridized carbons (Fsp3) is 0.467. The van der Waals surface area contributed by atoms with E-state index in [1.165, 1.54) is 17.0 Å². The second-order valence-corrected chi connectivity index (χ2v) is 5.42. The molecule has 1 aliphatic heterocycles. The lowest BCUT2D eigenvalue weighted by molar-refractivity contribution is -0.144. The van der Waals surface area contributed by atoms with Crippen molar-refractivity contribution in [2.24, 2.45) is 5.92 Å². The van der Waals surface area contributed by atoms with Gasteiger partial charge in [-0.05, 0) is 30.9 Å². The predicted molar refractivity (Wildman–Crippen MR) is 76.5 cm³/mol. The smallest absolute Gasteiger partial charge is 0.396 e. The molecule has 2 rings (SSSR count). The fourth-order valence-corrected chi connectivity index (χ4v) is 2.48. The molecule has 1 aromatic carbocycles. The van der Waals surface area contributed by atoms with Crippen LogP contribution in [0.2, 0.25) is 0 Å². The van der Waals surface area contributed by atoms with E-state index in [2.05, 4.69) is 0 Å². The van der Waals surface area contributed by atoms with Crippen molar-refractivity contribution in [2.75, 3.05) is 25.0 Å². The number of hydrogen-bond acceptors (Lipinski definition) is 3. The van der Waals surface area contributed by atoms with Gasteiger partial charge in [-0.2, -0.15) is 13.2 Å². The second kappa shape index (κ2) is 6.99. The number of benzene rings is 1. The molecule has 0 spiro atoms. The molecule has 2 amide bonds. The Hall–Kier alpha value is -2.09. The molecule has 23 heavy (non-hydrogen) atoms. The number of piperidine rings is 1. The van der Waals surface area contributed by atoms with Crippen LogP contribution >= 0.6 is 0 Å². The van der Waals surface area contributed by atoms with Crippen LogP contribution in [-0.4, -0.2) is 41.5 Å². The summed E-state index contributed by atoms with van der Waals surface area (Å²) in [5, 5.41) is 11.1. The maximum Gasteiger partial charge on any atom is 0.418 e. The van der Waals surface area contributed by atoms with Gasteiger partial charge in [-0.1, -0.05) is 12.1 Å². The first kappa shape index (κ1) is 17.3. The van der Waals surface area contributed by atoms with Gasteiger partial charge >= 0.3 is 18.0 Å². The van der Waals surface area contributed by atoms with Gasteiger partial charge in [0.15, 0.2) is 0 Å². The number of aliphatic hydroxyl groups excluding tert-OH is 1. The summed E-state index contributed by atoms with van der Waals surface area (Å²) in [4.78, 5) is 25.2. The van der Waals surface area contributed by atoms with Crippen LogP contribution in [0.1, 0.15) is 18.4 Å². The molecule has 2 N–H and O–H groups in total. The minimum Gasteiger partial charge on any atom is -0.396 e. The van der Waals surface area contributed by atoms with Crippen molar-refractivity contribution in [1.29, 1.82) is 0 Å². The molecule has 8 heteroatoms. The fourth-order valence-electron chi connectivity index (χ4n) is 2.48. The average Bonchev–Trinajstić information content (AvgIpc) is 2.53. The SMILES string of the molecule is O=C(Nc1ccccc1C(F)(F)F)C(=O)N1CCC(CO)CC1. The third-order valence-electron chi connectivity index (χ3n) is 3.83. The predicted octanol–water partition coefficient (Wildman–Crippen LogP) is 1.87. The number of nitrogens with one attached hydrogen (secondary N) is 1. The number of rotatable bonds is 2. The highest BCUT2D eigenvalue weighted by molar-refractivity contribution is 6.39. The van der Waals surface area contributed by atoms with Crippen molar-refractivity contribution in [1.82, 2.24) is 4.90 Å². The zero-order valence-corrected chi connectivity index (χ0v) is 12.3. The van der Waals surface area contributed by atoms with E-state index < -0.39 is 29.2 Å². The summed E-state index contributed by atoms with van der Waals surface area (Å²) in [6.07, 6.45) is -3.49. The molecule has 1 aliphatic rings. The van der Waals surface area contributed by atoms with Gasteiger partial charge in [-0.25, -0.2) is 0 Å². The first-order valence-corrected chi connectivity index (χ1v) is 7.20. The van der Waals surface area contributed by atoms with E-state index in [0.29, 0.717) is 25.9 Å². The molecule has 1 saturated heterocycles. The van der Waals surface area contributed by atoms with Gasteiger partial charge in [0.05, 0.1) is 11.3 Å². The lowest BCUT2D eigenvalue weighted by Gasteiger charge is -2.30. The molecule has 126 valence electrons. The Bertz CT molecular complexity index is 582. The minimum atomic E-state index is -4.62. The van der Waals surface area contributed by atoms with Crippen LogP contribution in [-0.2, 0) is 15.8 Å². The Balaban J connectivity index is 2.04. The van der Waals surface area contributed by atoms with Crippen molar-refractivity contribution >= 4 is 17.5 Å². The normalized spacial score (nSPS) is 16.3. The molecule has 5 nitrogen and oxygen atoms in total. The topological polar surface area (TPSA) is 69.6 Å². The summed E-state index contributed by atoms with van der Waals surface area (Å²) < 4.78 is 38.6. The molecule has 0 aromatic heterocycles. The Labute approximate surface area is 131 Å². The molecule has 1 aromatic rings. The Kier molecular flexibility index (Phi) is 5.25. The Morgan fingerprint density at radius 2 is 1.83 bits per heavy atom. The first-order chi connectivity index (χ1) is 10.8.